The molecule has 1 saturated carbocycles. The molecule has 0 unspecified atom stereocenters. The first kappa shape index (κ1) is 18.6. The summed E-state index contributed by atoms with van der Waals surface area (Å²) in [7, 11) is -3.48. The van der Waals surface area contributed by atoms with Crippen molar-refractivity contribution in [3.8, 4) is 5.75 Å². The van der Waals surface area contributed by atoms with Crippen molar-refractivity contribution in [2.45, 2.75) is 39.2 Å². The molecule has 0 atom stereocenters. The fourth-order valence-corrected chi connectivity index (χ4v) is 3.51. The first-order valence-corrected chi connectivity index (χ1v) is 10.1. The van der Waals surface area contributed by atoms with E-state index in [4.69, 9.17) is 4.74 Å². The van der Waals surface area contributed by atoms with Crippen molar-refractivity contribution in [3.63, 3.8) is 0 Å². The van der Waals surface area contributed by atoms with Gasteiger partial charge in [-0.05, 0) is 38.8 Å². The van der Waals surface area contributed by atoms with Gasteiger partial charge in [0.15, 0.2) is 0 Å². The third kappa shape index (κ3) is 4.87. The number of hydrogen-bond donors (Lipinski definition) is 1. The van der Waals surface area contributed by atoms with Crippen LogP contribution >= 0.6 is 0 Å². The second kappa shape index (κ2) is 7.88. The number of rotatable bonds is 8. The Morgan fingerprint density at radius 2 is 2.00 bits per heavy atom. The van der Waals surface area contributed by atoms with Gasteiger partial charge >= 0.3 is 0 Å². The van der Waals surface area contributed by atoms with Crippen molar-refractivity contribution in [2.75, 3.05) is 23.7 Å². The minimum atomic E-state index is -3.48. The molecule has 1 aromatic carbocycles. The van der Waals surface area contributed by atoms with Crippen LogP contribution in [0, 0.1) is 5.92 Å². The molecule has 1 aliphatic carbocycles. The third-order valence-corrected chi connectivity index (χ3v) is 5.17. The van der Waals surface area contributed by atoms with E-state index < -0.39 is 10.0 Å². The van der Waals surface area contributed by atoms with Crippen molar-refractivity contribution >= 4 is 21.6 Å². The SMILES string of the molecule is CC(C)Oc1ccccc1N(CCNC(=O)C1CCC1)S(C)(=O)=O. The normalized spacial score (nSPS) is 15.0. The molecule has 2 rings (SSSR count). The summed E-state index contributed by atoms with van der Waals surface area (Å²) < 4.78 is 31.4. The minimum absolute atomic E-state index is 0.0152. The highest BCUT2D eigenvalue weighted by atomic mass is 32.2. The van der Waals surface area contributed by atoms with Crippen molar-refractivity contribution in [3.05, 3.63) is 24.3 Å². The quantitative estimate of drug-likeness (QED) is 0.776. The number of carbonyl (C=O) groups is 1. The zero-order chi connectivity index (χ0) is 17.7. The van der Waals surface area contributed by atoms with Gasteiger partial charge in [0, 0.05) is 12.5 Å². The highest BCUT2D eigenvalue weighted by Crippen LogP contribution is 2.30. The molecule has 1 aromatic rings. The summed E-state index contributed by atoms with van der Waals surface area (Å²) in [6.07, 6.45) is 4.03. The fourth-order valence-electron chi connectivity index (χ4n) is 2.58. The summed E-state index contributed by atoms with van der Waals surface area (Å²) in [5.74, 6) is 0.623. The molecule has 7 heteroatoms. The van der Waals surface area contributed by atoms with Crippen LogP contribution in [-0.4, -0.2) is 39.8 Å². The minimum Gasteiger partial charge on any atom is -0.489 e. The Labute approximate surface area is 144 Å². The van der Waals surface area contributed by atoms with E-state index in [-0.39, 0.29) is 31.0 Å². The molecule has 6 nitrogen and oxygen atoms in total. The second-order valence-electron chi connectivity index (χ2n) is 6.39. The summed E-state index contributed by atoms with van der Waals surface area (Å²) in [6.45, 7) is 4.23. The lowest BCUT2D eigenvalue weighted by molar-refractivity contribution is -0.127. The van der Waals surface area contributed by atoms with E-state index in [1.54, 1.807) is 24.3 Å². The van der Waals surface area contributed by atoms with E-state index in [0.29, 0.717) is 11.4 Å². The number of para-hydroxylation sites is 2. The Morgan fingerprint density at radius 1 is 1.33 bits per heavy atom. The summed E-state index contributed by atoms with van der Waals surface area (Å²) >= 11 is 0. The van der Waals surface area contributed by atoms with Gasteiger partial charge in [-0.25, -0.2) is 8.42 Å². The summed E-state index contributed by atoms with van der Waals surface area (Å²) in [5, 5.41) is 2.83. The Hall–Kier alpha value is -1.76. The number of amides is 1. The lowest BCUT2D eigenvalue weighted by Gasteiger charge is -2.27. The molecule has 1 N–H and O–H groups in total. The maximum Gasteiger partial charge on any atom is 0.232 e. The Balaban J connectivity index is 2.10. The van der Waals surface area contributed by atoms with Crippen molar-refractivity contribution in [1.82, 2.24) is 5.32 Å². The predicted octanol–water partition coefficient (Wildman–Crippen LogP) is 2.16. The summed E-state index contributed by atoms with van der Waals surface area (Å²) in [5.41, 5.74) is 0.492. The number of carbonyl (C=O) groups excluding carboxylic acids is 1. The van der Waals surface area contributed by atoms with Gasteiger partial charge in [-0.1, -0.05) is 18.6 Å². The average Bonchev–Trinajstić information content (AvgIpc) is 2.41. The summed E-state index contributed by atoms with van der Waals surface area (Å²) in [4.78, 5) is 11.9. The van der Waals surface area contributed by atoms with Crippen LogP contribution in [0.5, 0.6) is 5.75 Å². The molecule has 0 aromatic heterocycles. The van der Waals surface area contributed by atoms with E-state index in [2.05, 4.69) is 5.32 Å². The highest BCUT2D eigenvalue weighted by Gasteiger charge is 2.26. The number of benzene rings is 1. The molecule has 24 heavy (non-hydrogen) atoms. The Bertz CT molecular complexity index is 669. The molecule has 0 aliphatic heterocycles. The maximum atomic E-state index is 12.2. The Morgan fingerprint density at radius 3 is 2.54 bits per heavy atom. The number of sulfonamides is 1. The van der Waals surface area contributed by atoms with Crippen LogP contribution in [-0.2, 0) is 14.8 Å². The van der Waals surface area contributed by atoms with E-state index in [9.17, 15) is 13.2 Å². The van der Waals surface area contributed by atoms with Gasteiger partial charge in [-0.15, -0.1) is 0 Å². The average molecular weight is 354 g/mol. The van der Waals surface area contributed by atoms with Crippen molar-refractivity contribution in [2.24, 2.45) is 5.92 Å². The smallest absolute Gasteiger partial charge is 0.232 e. The van der Waals surface area contributed by atoms with Gasteiger partial charge in [0.25, 0.3) is 0 Å². The number of nitrogens with one attached hydrogen (secondary N) is 1. The molecule has 1 aliphatic rings. The molecule has 1 amide bonds. The lowest BCUT2D eigenvalue weighted by Crippen LogP contribution is -2.41. The van der Waals surface area contributed by atoms with Gasteiger partial charge < -0.3 is 10.1 Å². The van der Waals surface area contributed by atoms with Crippen LogP contribution in [0.2, 0.25) is 0 Å². The molecule has 0 bridgehead atoms. The third-order valence-electron chi connectivity index (χ3n) is 3.99. The van der Waals surface area contributed by atoms with Gasteiger partial charge in [0.1, 0.15) is 5.75 Å². The molecule has 1 fully saturated rings. The highest BCUT2D eigenvalue weighted by molar-refractivity contribution is 7.92. The topological polar surface area (TPSA) is 75.7 Å². The predicted molar refractivity (Wildman–Crippen MR) is 94.7 cm³/mol. The Kier molecular flexibility index (Phi) is 6.10. The first-order chi connectivity index (χ1) is 11.3. The fraction of sp³-hybridized carbons (Fsp3) is 0.588. The summed E-state index contributed by atoms with van der Waals surface area (Å²) in [6, 6.07) is 7.04. The number of anilines is 1. The number of nitrogens with zero attached hydrogens (tertiary/aromatic N) is 1. The van der Waals surface area contributed by atoms with Crippen LogP contribution < -0.4 is 14.4 Å². The van der Waals surface area contributed by atoms with E-state index in [0.717, 1.165) is 25.5 Å². The van der Waals surface area contributed by atoms with Gasteiger partial charge in [-0.2, -0.15) is 0 Å². The van der Waals surface area contributed by atoms with Gasteiger partial charge in [0.2, 0.25) is 15.9 Å². The van der Waals surface area contributed by atoms with Gasteiger partial charge in [-0.3, -0.25) is 9.10 Å². The van der Waals surface area contributed by atoms with Crippen LogP contribution in [0.15, 0.2) is 24.3 Å². The molecular formula is C17H26N2O4S. The molecule has 0 saturated heterocycles. The largest absolute Gasteiger partial charge is 0.489 e. The molecule has 0 heterocycles. The van der Waals surface area contributed by atoms with E-state index in [1.807, 2.05) is 13.8 Å². The second-order valence-corrected chi connectivity index (χ2v) is 8.30. The molecule has 0 spiro atoms. The van der Waals surface area contributed by atoms with Crippen LogP contribution in [0.4, 0.5) is 5.69 Å². The standard InChI is InChI=1S/C17H26N2O4S/c1-13(2)23-16-10-5-4-9-15(16)19(24(3,21)22)12-11-18-17(20)14-7-6-8-14/h4-5,9-10,13-14H,6-8,11-12H2,1-3H3,(H,18,20). The molecular weight excluding hydrogens is 328 g/mol. The zero-order valence-electron chi connectivity index (χ0n) is 14.5. The number of ether oxygens (including phenoxy) is 1. The van der Waals surface area contributed by atoms with Gasteiger partial charge in [0.05, 0.1) is 24.6 Å². The van der Waals surface area contributed by atoms with E-state index >= 15 is 0 Å². The van der Waals surface area contributed by atoms with Crippen molar-refractivity contribution < 1.29 is 17.9 Å². The monoisotopic (exact) mass is 354 g/mol. The van der Waals surface area contributed by atoms with Crippen molar-refractivity contribution in [1.29, 1.82) is 0 Å². The number of hydrogen-bond acceptors (Lipinski definition) is 4. The molecule has 134 valence electrons. The lowest BCUT2D eigenvalue weighted by atomic mass is 9.85. The maximum absolute atomic E-state index is 12.2. The first-order valence-electron chi connectivity index (χ1n) is 8.30. The van der Waals surface area contributed by atoms with Crippen LogP contribution in [0.25, 0.3) is 0 Å². The molecule has 0 radical (unpaired) electrons. The van der Waals surface area contributed by atoms with Crippen LogP contribution in [0.3, 0.4) is 0 Å². The zero-order valence-corrected chi connectivity index (χ0v) is 15.3. The van der Waals surface area contributed by atoms with E-state index in [1.165, 1.54) is 4.31 Å². The van der Waals surface area contributed by atoms with Crippen LogP contribution in [0.1, 0.15) is 33.1 Å².